The Hall–Kier alpha value is -2.32. The van der Waals surface area contributed by atoms with Gasteiger partial charge in [-0.1, -0.05) is 33.8 Å². The topological polar surface area (TPSA) is 84.5 Å². The number of ether oxygens (including phenoxy) is 1. The van der Waals surface area contributed by atoms with Crippen LogP contribution in [-0.4, -0.2) is 30.6 Å². The first-order valence-electron chi connectivity index (χ1n) is 11.7. The van der Waals surface area contributed by atoms with Gasteiger partial charge in [0.1, 0.15) is 5.00 Å². The van der Waals surface area contributed by atoms with Gasteiger partial charge in [-0.15, -0.1) is 23.1 Å². The van der Waals surface area contributed by atoms with E-state index in [-0.39, 0.29) is 23.0 Å². The second-order valence-electron chi connectivity index (χ2n) is 9.67. The molecule has 8 heteroatoms. The summed E-state index contributed by atoms with van der Waals surface area (Å²) in [6.07, 6.45) is 4.01. The van der Waals surface area contributed by atoms with Crippen LogP contribution in [0.15, 0.2) is 29.2 Å². The highest BCUT2D eigenvalue weighted by atomic mass is 32.2. The van der Waals surface area contributed by atoms with Crippen LogP contribution in [0.2, 0.25) is 0 Å². The predicted octanol–water partition coefficient (Wildman–Crippen LogP) is 6.16. The van der Waals surface area contributed by atoms with Crippen molar-refractivity contribution in [1.82, 2.24) is 0 Å². The Bertz CT molecular complexity index is 1060. The van der Waals surface area contributed by atoms with E-state index in [1.807, 2.05) is 31.2 Å². The molecule has 1 aliphatic rings. The number of carbonyl (C=O) groups excluding carboxylic acids is 3. The lowest BCUT2D eigenvalue weighted by Crippen LogP contribution is -2.26. The molecule has 0 radical (unpaired) electrons. The molecule has 0 spiro atoms. The monoisotopic (exact) mass is 502 g/mol. The van der Waals surface area contributed by atoms with E-state index < -0.39 is 5.97 Å². The molecule has 0 saturated carbocycles. The normalized spacial score (nSPS) is 15.4. The Morgan fingerprint density at radius 2 is 1.94 bits per heavy atom. The summed E-state index contributed by atoms with van der Waals surface area (Å²) in [5.74, 6) is 0.133. The number of esters is 1. The van der Waals surface area contributed by atoms with Crippen LogP contribution in [-0.2, 0) is 27.2 Å². The van der Waals surface area contributed by atoms with E-state index in [9.17, 15) is 14.4 Å². The second-order valence-corrected chi connectivity index (χ2v) is 11.8. The molecule has 0 fully saturated rings. The molecule has 2 amide bonds. The molecule has 2 aromatic rings. The van der Waals surface area contributed by atoms with Crippen LogP contribution in [0, 0.1) is 11.3 Å². The average Bonchev–Trinajstić information content (AvgIpc) is 3.14. The van der Waals surface area contributed by atoms with E-state index in [0.717, 1.165) is 41.8 Å². The highest BCUT2D eigenvalue weighted by Gasteiger charge is 2.34. The minimum Gasteiger partial charge on any atom is -0.465 e. The third kappa shape index (κ3) is 6.63. The zero-order chi connectivity index (χ0) is 24.9. The second kappa shape index (κ2) is 11.4. The molecule has 0 saturated heterocycles. The van der Waals surface area contributed by atoms with Crippen LogP contribution in [0.3, 0.4) is 0 Å². The number of thiophene rings is 1. The van der Waals surface area contributed by atoms with Gasteiger partial charge >= 0.3 is 5.97 Å². The summed E-state index contributed by atoms with van der Waals surface area (Å²) >= 11 is 2.89. The van der Waals surface area contributed by atoms with Gasteiger partial charge in [-0.25, -0.2) is 4.79 Å². The first-order chi connectivity index (χ1) is 16.1. The van der Waals surface area contributed by atoms with Gasteiger partial charge in [0.15, 0.2) is 0 Å². The summed E-state index contributed by atoms with van der Waals surface area (Å²) in [5, 5.41) is 6.42. The number of carbonyl (C=O) groups is 3. The number of benzene rings is 1. The minimum atomic E-state index is -0.398. The maximum atomic E-state index is 12.8. The molecule has 1 aliphatic carbocycles. The standard InChI is InChI=1S/C26H34N2O4S2/c1-6-8-21(29)27-17-9-7-10-18(14-17)33-15-22(30)28-24-23(25(31)32-5)19-12-11-16(26(2,3)4)13-20(19)34-24/h7,9-10,14,16H,6,8,11-13,15H2,1-5H3,(H,27,29)(H,28,30). The lowest BCUT2D eigenvalue weighted by atomic mass is 9.72. The average molecular weight is 503 g/mol. The van der Waals surface area contributed by atoms with E-state index >= 15 is 0 Å². The molecular formula is C26H34N2O4S2. The maximum absolute atomic E-state index is 12.8. The highest BCUT2D eigenvalue weighted by molar-refractivity contribution is 8.00. The number of amides is 2. The van der Waals surface area contributed by atoms with Crippen molar-refractivity contribution < 1.29 is 19.1 Å². The van der Waals surface area contributed by atoms with Crippen molar-refractivity contribution in [2.45, 2.75) is 64.7 Å². The van der Waals surface area contributed by atoms with Gasteiger partial charge < -0.3 is 15.4 Å². The van der Waals surface area contributed by atoms with E-state index in [0.29, 0.717) is 22.9 Å². The van der Waals surface area contributed by atoms with Crippen LogP contribution in [0.1, 0.15) is 67.8 Å². The van der Waals surface area contributed by atoms with Gasteiger partial charge in [-0.3, -0.25) is 9.59 Å². The number of rotatable bonds is 8. The summed E-state index contributed by atoms with van der Waals surface area (Å²) in [5.41, 5.74) is 2.44. The van der Waals surface area contributed by atoms with Crippen molar-refractivity contribution in [2.24, 2.45) is 11.3 Å². The van der Waals surface area contributed by atoms with Gasteiger partial charge in [-0.05, 0) is 60.8 Å². The van der Waals surface area contributed by atoms with Crippen LogP contribution in [0.5, 0.6) is 0 Å². The quantitative estimate of drug-likeness (QED) is 0.334. The zero-order valence-corrected chi connectivity index (χ0v) is 22.2. The molecule has 0 bridgehead atoms. The first-order valence-corrected chi connectivity index (χ1v) is 13.5. The van der Waals surface area contributed by atoms with Gasteiger partial charge in [0.2, 0.25) is 11.8 Å². The number of fused-ring (bicyclic) bond motifs is 1. The van der Waals surface area contributed by atoms with Gasteiger partial charge in [0.25, 0.3) is 0 Å². The van der Waals surface area contributed by atoms with Gasteiger partial charge in [0.05, 0.1) is 18.4 Å². The van der Waals surface area contributed by atoms with E-state index in [4.69, 9.17) is 4.74 Å². The first kappa shape index (κ1) is 26.3. The Morgan fingerprint density at radius 3 is 2.62 bits per heavy atom. The molecule has 0 aliphatic heterocycles. The van der Waals surface area contributed by atoms with Crippen LogP contribution in [0.4, 0.5) is 10.7 Å². The fourth-order valence-corrected chi connectivity index (χ4v) is 6.24. The number of methoxy groups -OCH3 is 1. The summed E-state index contributed by atoms with van der Waals surface area (Å²) in [7, 11) is 1.38. The fraction of sp³-hybridized carbons (Fsp3) is 0.500. The molecule has 1 aromatic carbocycles. The van der Waals surface area contributed by atoms with Gasteiger partial charge in [0, 0.05) is 21.9 Å². The molecule has 1 atom stereocenters. The zero-order valence-electron chi connectivity index (χ0n) is 20.6. The van der Waals surface area contributed by atoms with Gasteiger partial charge in [-0.2, -0.15) is 0 Å². The smallest absolute Gasteiger partial charge is 0.341 e. The molecule has 3 rings (SSSR count). The Labute approximate surface area is 210 Å². The summed E-state index contributed by atoms with van der Waals surface area (Å²) in [6.45, 7) is 8.72. The van der Waals surface area contributed by atoms with E-state index in [1.165, 1.54) is 35.1 Å². The fourth-order valence-electron chi connectivity index (χ4n) is 4.16. The van der Waals surface area contributed by atoms with Crippen molar-refractivity contribution in [3.05, 3.63) is 40.3 Å². The van der Waals surface area contributed by atoms with Crippen LogP contribution >= 0.6 is 23.1 Å². The Balaban J connectivity index is 1.69. The summed E-state index contributed by atoms with van der Waals surface area (Å²) in [6, 6.07) is 7.46. The molecule has 1 unspecified atom stereocenters. The number of anilines is 2. The highest BCUT2D eigenvalue weighted by Crippen LogP contribution is 2.44. The third-order valence-corrected chi connectivity index (χ3v) is 8.26. The largest absolute Gasteiger partial charge is 0.465 e. The summed E-state index contributed by atoms with van der Waals surface area (Å²) in [4.78, 5) is 39.3. The molecule has 6 nitrogen and oxygen atoms in total. The van der Waals surface area contributed by atoms with Crippen molar-refractivity contribution in [2.75, 3.05) is 23.5 Å². The number of hydrogen-bond acceptors (Lipinski definition) is 6. The van der Waals surface area contributed by atoms with E-state index in [1.54, 1.807) is 0 Å². The maximum Gasteiger partial charge on any atom is 0.341 e. The molecule has 1 aromatic heterocycles. The lowest BCUT2D eigenvalue weighted by molar-refractivity contribution is -0.116. The van der Waals surface area contributed by atoms with Crippen molar-refractivity contribution in [3.63, 3.8) is 0 Å². The van der Waals surface area contributed by atoms with Crippen LogP contribution < -0.4 is 10.6 Å². The summed E-state index contributed by atoms with van der Waals surface area (Å²) < 4.78 is 5.05. The van der Waals surface area contributed by atoms with Crippen LogP contribution in [0.25, 0.3) is 0 Å². The molecule has 2 N–H and O–H groups in total. The minimum absolute atomic E-state index is 0.0203. The van der Waals surface area contributed by atoms with Crippen molar-refractivity contribution >= 4 is 51.6 Å². The predicted molar refractivity (Wildman–Crippen MR) is 140 cm³/mol. The molecular weight excluding hydrogens is 468 g/mol. The van der Waals surface area contributed by atoms with Crippen molar-refractivity contribution in [1.29, 1.82) is 0 Å². The SMILES string of the molecule is CCCC(=O)Nc1cccc(SCC(=O)Nc2sc3c(c2C(=O)OC)CCC(C(C)(C)C)C3)c1. The third-order valence-electron chi connectivity index (χ3n) is 6.10. The van der Waals surface area contributed by atoms with Crippen molar-refractivity contribution in [3.8, 4) is 0 Å². The number of nitrogens with one attached hydrogen (secondary N) is 2. The molecule has 1 heterocycles. The molecule has 184 valence electrons. The lowest BCUT2D eigenvalue weighted by Gasteiger charge is -2.33. The number of thioether (sulfide) groups is 1. The Kier molecular flexibility index (Phi) is 8.82. The number of hydrogen-bond donors (Lipinski definition) is 2. The molecule has 34 heavy (non-hydrogen) atoms. The Morgan fingerprint density at radius 1 is 1.18 bits per heavy atom. The van der Waals surface area contributed by atoms with E-state index in [2.05, 4.69) is 31.4 Å².